The zero-order valence-electron chi connectivity index (χ0n) is 21.0. The summed E-state index contributed by atoms with van der Waals surface area (Å²) in [6.45, 7) is 5.22. The Bertz CT molecular complexity index is 1360. The molecule has 2 N–H and O–H groups in total. The molecule has 0 bridgehead atoms. The zero-order valence-corrected chi connectivity index (χ0v) is 21.0. The Kier molecular flexibility index (Phi) is 6.34. The number of hydrogen-bond donors (Lipinski definition) is 2. The van der Waals surface area contributed by atoms with Crippen molar-refractivity contribution in [1.82, 2.24) is 9.88 Å². The summed E-state index contributed by atoms with van der Waals surface area (Å²) >= 11 is 0. The van der Waals surface area contributed by atoms with E-state index in [1.54, 1.807) is 19.2 Å². The quantitative estimate of drug-likeness (QED) is 0.439. The van der Waals surface area contributed by atoms with Gasteiger partial charge in [0, 0.05) is 80.3 Å². The fourth-order valence-electron chi connectivity index (χ4n) is 5.62. The molecule has 192 valence electrons. The molecule has 1 aromatic heterocycles. The molecule has 1 amide bonds. The SMILES string of the molecule is CC(=O)N1CCC(Nc2ccc3c(c2)Cc2cccc(C4CN(c5cc[nH]c(=O)c5)CCO4)c2O3)CC1. The smallest absolute Gasteiger partial charge is 0.249 e. The van der Waals surface area contributed by atoms with Gasteiger partial charge >= 0.3 is 0 Å². The molecule has 3 aromatic rings. The van der Waals surface area contributed by atoms with E-state index >= 15 is 0 Å². The van der Waals surface area contributed by atoms with Crippen LogP contribution in [0, 0.1) is 0 Å². The van der Waals surface area contributed by atoms with E-state index in [9.17, 15) is 9.59 Å². The predicted molar refractivity (Wildman–Crippen MR) is 143 cm³/mol. The maximum Gasteiger partial charge on any atom is 0.249 e. The Labute approximate surface area is 216 Å². The summed E-state index contributed by atoms with van der Waals surface area (Å²) in [7, 11) is 0. The molecule has 0 spiro atoms. The highest BCUT2D eigenvalue weighted by molar-refractivity contribution is 5.73. The molecule has 3 aliphatic heterocycles. The number of anilines is 2. The number of likely N-dealkylation sites (tertiary alicyclic amines) is 1. The highest BCUT2D eigenvalue weighted by Crippen LogP contribution is 2.43. The van der Waals surface area contributed by atoms with Crippen molar-refractivity contribution in [2.45, 2.75) is 38.3 Å². The number of H-pyrrole nitrogens is 1. The van der Waals surface area contributed by atoms with Crippen LogP contribution >= 0.6 is 0 Å². The molecule has 8 nitrogen and oxygen atoms in total. The van der Waals surface area contributed by atoms with Crippen LogP contribution in [0.2, 0.25) is 0 Å². The van der Waals surface area contributed by atoms with E-state index in [2.05, 4.69) is 45.5 Å². The standard InChI is InChI=1S/C29H32N4O4/c1-19(34)32-11-8-22(9-12-32)31-23-5-6-26-21(16-23)15-20-3-2-4-25(29(20)37-26)27-18-33(13-14-36-27)24-7-10-30-28(35)17-24/h2-7,10,16-17,22,27,31H,8-9,11-15,18H2,1H3,(H,30,35). The Balaban J connectivity index is 1.17. The first-order valence-corrected chi connectivity index (χ1v) is 13.0. The number of carbonyl (C=O) groups excluding carboxylic acids is 1. The summed E-state index contributed by atoms with van der Waals surface area (Å²) in [5.74, 6) is 1.91. The van der Waals surface area contributed by atoms with Crippen LogP contribution < -0.4 is 20.5 Å². The largest absolute Gasteiger partial charge is 0.456 e. The molecule has 2 aromatic carbocycles. The van der Waals surface area contributed by atoms with Crippen LogP contribution in [0.4, 0.5) is 11.4 Å². The number of aromatic amines is 1. The lowest BCUT2D eigenvalue weighted by Crippen LogP contribution is -2.41. The summed E-state index contributed by atoms with van der Waals surface area (Å²) in [5, 5.41) is 3.66. The molecule has 3 aliphatic rings. The van der Waals surface area contributed by atoms with Gasteiger partial charge in [0.25, 0.3) is 0 Å². The molecule has 2 fully saturated rings. The van der Waals surface area contributed by atoms with Crippen molar-refractivity contribution >= 4 is 17.3 Å². The number of fused-ring (bicyclic) bond motifs is 2. The monoisotopic (exact) mass is 500 g/mol. The first kappa shape index (κ1) is 23.6. The van der Waals surface area contributed by atoms with Crippen LogP contribution in [0.15, 0.2) is 59.5 Å². The molecule has 1 unspecified atom stereocenters. The molecule has 0 saturated carbocycles. The van der Waals surface area contributed by atoms with Gasteiger partial charge < -0.3 is 29.6 Å². The Morgan fingerprint density at radius 1 is 1.05 bits per heavy atom. The summed E-state index contributed by atoms with van der Waals surface area (Å²) in [6, 6.07) is 16.5. The van der Waals surface area contributed by atoms with E-state index in [0.717, 1.165) is 78.5 Å². The second kappa shape index (κ2) is 9.94. The fourth-order valence-corrected chi connectivity index (χ4v) is 5.62. The van der Waals surface area contributed by atoms with Crippen LogP contribution in [-0.2, 0) is 16.0 Å². The molecular formula is C29H32N4O4. The lowest BCUT2D eigenvalue weighted by Gasteiger charge is -2.36. The third-order valence-electron chi connectivity index (χ3n) is 7.63. The van der Waals surface area contributed by atoms with Crippen molar-refractivity contribution in [3.05, 3.63) is 81.8 Å². The van der Waals surface area contributed by atoms with Crippen LogP contribution in [0.1, 0.15) is 42.6 Å². The molecule has 2 saturated heterocycles. The van der Waals surface area contributed by atoms with Gasteiger partial charge in [0.05, 0.1) is 6.61 Å². The summed E-state index contributed by atoms with van der Waals surface area (Å²) in [4.78, 5) is 30.2. The summed E-state index contributed by atoms with van der Waals surface area (Å²) in [6.07, 6.45) is 4.24. The maximum absolute atomic E-state index is 11.8. The number of benzene rings is 2. The van der Waals surface area contributed by atoms with Crippen molar-refractivity contribution < 1.29 is 14.3 Å². The Hall–Kier alpha value is -3.78. The Morgan fingerprint density at radius 3 is 2.73 bits per heavy atom. The number of para-hydroxylation sites is 1. The van der Waals surface area contributed by atoms with Crippen LogP contribution in [0.25, 0.3) is 0 Å². The van der Waals surface area contributed by atoms with Gasteiger partial charge in [-0.1, -0.05) is 18.2 Å². The Morgan fingerprint density at radius 2 is 1.92 bits per heavy atom. The molecule has 4 heterocycles. The molecular weight excluding hydrogens is 468 g/mol. The average molecular weight is 501 g/mol. The molecule has 0 aliphatic carbocycles. The van der Waals surface area contributed by atoms with Gasteiger partial charge in [-0.25, -0.2) is 0 Å². The fraction of sp³-hybridized carbons (Fsp3) is 0.379. The third-order valence-corrected chi connectivity index (χ3v) is 7.63. The summed E-state index contributed by atoms with van der Waals surface area (Å²) < 4.78 is 12.7. The number of nitrogens with one attached hydrogen (secondary N) is 2. The van der Waals surface area contributed by atoms with Gasteiger partial charge in [-0.2, -0.15) is 0 Å². The number of morpholine rings is 1. The van der Waals surface area contributed by atoms with Gasteiger partial charge in [-0.15, -0.1) is 0 Å². The van der Waals surface area contributed by atoms with E-state index in [-0.39, 0.29) is 17.6 Å². The number of ether oxygens (including phenoxy) is 2. The molecule has 0 radical (unpaired) electrons. The number of nitrogens with zero attached hydrogens (tertiary/aromatic N) is 2. The molecule has 8 heteroatoms. The number of aromatic nitrogens is 1. The van der Waals surface area contributed by atoms with Crippen molar-refractivity contribution in [3.63, 3.8) is 0 Å². The van der Waals surface area contributed by atoms with Gasteiger partial charge in [0.15, 0.2) is 0 Å². The van der Waals surface area contributed by atoms with Crippen molar-refractivity contribution in [2.24, 2.45) is 0 Å². The van der Waals surface area contributed by atoms with E-state index in [4.69, 9.17) is 9.47 Å². The molecule has 6 rings (SSSR count). The minimum Gasteiger partial charge on any atom is -0.456 e. The minimum atomic E-state index is -0.147. The van der Waals surface area contributed by atoms with Crippen molar-refractivity contribution in [1.29, 1.82) is 0 Å². The highest BCUT2D eigenvalue weighted by Gasteiger charge is 2.29. The summed E-state index contributed by atoms with van der Waals surface area (Å²) in [5.41, 5.74) is 5.23. The number of rotatable bonds is 4. The van der Waals surface area contributed by atoms with Gasteiger partial charge in [0.1, 0.15) is 17.6 Å². The van der Waals surface area contributed by atoms with Gasteiger partial charge in [0.2, 0.25) is 11.5 Å². The van der Waals surface area contributed by atoms with Crippen LogP contribution in [0.5, 0.6) is 11.5 Å². The van der Waals surface area contributed by atoms with Crippen molar-refractivity contribution in [3.8, 4) is 11.5 Å². The van der Waals surface area contributed by atoms with E-state index in [0.29, 0.717) is 19.2 Å². The first-order chi connectivity index (χ1) is 18.0. The number of pyridine rings is 1. The second-order valence-electron chi connectivity index (χ2n) is 10.1. The van der Waals surface area contributed by atoms with E-state index in [1.165, 1.54) is 0 Å². The van der Waals surface area contributed by atoms with E-state index < -0.39 is 0 Å². The lowest BCUT2D eigenvalue weighted by atomic mass is 9.95. The zero-order chi connectivity index (χ0) is 25.4. The van der Waals surface area contributed by atoms with Crippen molar-refractivity contribution in [2.75, 3.05) is 43.0 Å². The van der Waals surface area contributed by atoms with Gasteiger partial charge in [-0.05, 0) is 42.7 Å². The number of piperidine rings is 1. The van der Waals surface area contributed by atoms with E-state index in [1.807, 2.05) is 17.0 Å². The maximum atomic E-state index is 11.8. The van der Waals surface area contributed by atoms with Gasteiger partial charge in [-0.3, -0.25) is 9.59 Å². The lowest BCUT2D eigenvalue weighted by molar-refractivity contribution is -0.129. The third kappa shape index (κ3) is 4.93. The predicted octanol–water partition coefficient (Wildman–Crippen LogP) is 4.07. The average Bonchev–Trinajstić information content (AvgIpc) is 2.92. The number of carbonyl (C=O) groups is 1. The minimum absolute atomic E-state index is 0.104. The normalized spacial score (nSPS) is 19.5. The first-order valence-electron chi connectivity index (χ1n) is 13.0. The molecule has 1 atom stereocenters. The van der Waals surface area contributed by atoms with Crippen LogP contribution in [0.3, 0.4) is 0 Å². The number of hydrogen-bond acceptors (Lipinski definition) is 6. The second-order valence-corrected chi connectivity index (χ2v) is 10.1. The number of amides is 1. The topological polar surface area (TPSA) is 86.9 Å². The van der Waals surface area contributed by atoms with Crippen LogP contribution in [-0.4, -0.2) is 54.6 Å². The molecule has 37 heavy (non-hydrogen) atoms. The highest BCUT2D eigenvalue weighted by atomic mass is 16.5.